The minimum absolute atomic E-state index is 0.350. The monoisotopic (exact) mass is 429 g/mol. The fourth-order valence-electron chi connectivity index (χ4n) is 3.05. The molecule has 2 aromatic carbocycles. The Kier molecular flexibility index (Phi) is 5.06. The lowest BCUT2D eigenvalue weighted by atomic mass is 9.92. The summed E-state index contributed by atoms with van der Waals surface area (Å²) >= 11 is 3.42. The van der Waals surface area contributed by atoms with Crippen LogP contribution in [0.5, 0.6) is 0 Å². The average molecular weight is 430 g/mol. The van der Waals surface area contributed by atoms with Crippen LogP contribution in [0.25, 0.3) is 0 Å². The number of imide groups is 1. The van der Waals surface area contributed by atoms with Crippen LogP contribution in [-0.4, -0.2) is 29.3 Å². The van der Waals surface area contributed by atoms with Crippen molar-refractivity contribution >= 4 is 39.5 Å². The molecule has 1 aliphatic heterocycles. The van der Waals surface area contributed by atoms with E-state index in [0.717, 1.165) is 16.0 Å². The second-order valence-corrected chi connectivity index (χ2v) is 7.63. The zero-order chi connectivity index (χ0) is 19.8. The number of rotatable bonds is 4. The number of amides is 4. The number of aryl methyl sites for hydroxylation is 2. The van der Waals surface area contributed by atoms with E-state index in [9.17, 15) is 14.4 Å². The van der Waals surface area contributed by atoms with E-state index < -0.39 is 23.4 Å². The Hall–Kier alpha value is -2.67. The van der Waals surface area contributed by atoms with E-state index >= 15 is 0 Å². The number of anilines is 1. The van der Waals surface area contributed by atoms with E-state index in [1.807, 2.05) is 32.0 Å². The summed E-state index contributed by atoms with van der Waals surface area (Å²) in [6.45, 7) is 5.22. The van der Waals surface area contributed by atoms with Gasteiger partial charge in [0.15, 0.2) is 0 Å². The first-order valence-electron chi connectivity index (χ1n) is 8.48. The third-order valence-corrected chi connectivity index (χ3v) is 5.47. The van der Waals surface area contributed by atoms with Crippen LogP contribution in [-0.2, 0) is 15.1 Å². The maximum atomic E-state index is 12.9. The highest BCUT2D eigenvalue weighted by Crippen LogP contribution is 2.33. The van der Waals surface area contributed by atoms with Gasteiger partial charge in [0.1, 0.15) is 12.1 Å². The van der Waals surface area contributed by atoms with Gasteiger partial charge in [-0.1, -0.05) is 40.2 Å². The van der Waals surface area contributed by atoms with Crippen molar-refractivity contribution in [2.75, 3.05) is 11.9 Å². The van der Waals surface area contributed by atoms with E-state index in [1.54, 1.807) is 31.2 Å². The molecular formula is C20H20BrN3O3. The summed E-state index contributed by atoms with van der Waals surface area (Å²) in [6, 6.07) is 12.1. The predicted octanol–water partition coefficient (Wildman–Crippen LogP) is 3.47. The van der Waals surface area contributed by atoms with E-state index in [2.05, 4.69) is 26.6 Å². The van der Waals surface area contributed by atoms with Crippen LogP contribution in [0.15, 0.2) is 46.9 Å². The molecule has 3 rings (SSSR count). The first-order valence-corrected chi connectivity index (χ1v) is 9.28. The molecule has 6 nitrogen and oxygen atoms in total. The number of hydrogen-bond donors (Lipinski definition) is 2. The molecule has 7 heteroatoms. The zero-order valence-electron chi connectivity index (χ0n) is 15.3. The molecule has 1 heterocycles. The summed E-state index contributed by atoms with van der Waals surface area (Å²) in [4.78, 5) is 38.6. The summed E-state index contributed by atoms with van der Waals surface area (Å²) in [7, 11) is 0. The largest absolute Gasteiger partial charge is 0.325 e. The van der Waals surface area contributed by atoms with Gasteiger partial charge in [-0.3, -0.25) is 14.5 Å². The van der Waals surface area contributed by atoms with Gasteiger partial charge in [0.25, 0.3) is 5.91 Å². The van der Waals surface area contributed by atoms with Gasteiger partial charge < -0.3 is 10.6 Å². The predicted molar refractivity (Wildman–Crippen MR) is 106 cm³/mol. The number of urea groups is 1. The number of halogens is 1. The van der Waals surface area contributed by atoms with Gasteiger partial charge in [0.2, 0.25) is 5.91 Å². The van der Waals surface area contributed by atoms with Gasteiger partial charge in [-0.15, -0.1) is 0 Å². The van der Waals surface area contributed by atoms with Crippen LogP contribution in [0.1, 0.15) is 23.6 Å². The molecule has 2 aromatic rings. The van der Waals surface area contributed by atoms with Crippen molar-refractivity contribution in [3.05, 3.63) is 63.6 Å². The van der Waals surface area contributed by atoms with Gasteiger partial charge in [-0.05, 0) is 50.1 Å². The molecule has 1 aliphatic rings. The highest BCUT2D eigenvalue weighted by atomic mass is 79.9. The lowest BCUT2D eigenvalue weighted by molar-refractivity contribution is -0.133. The molecule has 1 saturated heterocycles. The zero-order valence-corrected chi connectivity index (χ0v) is 16.9. The highest BCUT2D eigenvalue weighted by Gasteiger charge is 2.50. The normalized spacial score (nSPS) is 19.2. The van der Waals surface area contributed by atoms with Gasteiger partial charge in [0.05, 0.1) is 0 Å². The maximum Gasteiger partial charge on any atom is 0.325 e. The number of benzene rings is 2. The third kappa shape index (κ3) is 3.60. The van der Waals surface area contributed by atoms with Crippen LogP contribution in [0.2, 0.25) is 0 Å². The van der Waals surface area contributed by atoms with Crippen molar-refractivity contribution in [2.24, 2.45) is 0 Å². The quantitative estimate of drug-likeness (QED) is 0.730. The Morgan fingerprint density at radius 3 is 2.52 bits per heavy atom. The molecule has 0 radical (unpaired) electrons. The van der Waals surface area contributed by atoms with E-state index in [4.69, 9.17) is 0 Å². The molecule has 1 fully saturated rings. The van der Waals surface area contributed by atoms with Crippen molar-refractivity contribution in [1.29, 1.82) is 0 Å². The van der Waals surface area contributed by atoms with Crippen molar-refractivity contribution in [3.8, 4) is 0 Å². The molecule has 0 saturated carbocycles. The molecule has 1 unspecified atom stereocenters. The van der Waals surface area contributed by atoms with Crippen LogP contribution in [0, 0.1) is 13.8 Å². The van der Waals surface area contributed by atoms with Crippen LogP contribution in [0.4, 0.5) is 10.5 Å². The lowest BCUT2D eigenvalue weighted by Crippen LogP contribution is -2.42. The van der Waals surface area contributed by atoms with Crippen LogP contribution < -0.4 is 10.6 Å². The SMILES string of the molecule is Cc1ccc(NC(=O)CN2C(=O)NC(C)(c3ccccc3Br)C2=O)cc1C. The molecule has 0 spiro atoms. The Morgan fingerprint density at radius 1 is 1.15 bits per heavy atom. The lowest BCUT2D eigenvalue weighted by Gasteiger charge is -2.23. The second-order valence-electron chi connectivity index (χ2n) is 6.77. The number of hydrogen-bond acceptors (Lipinski definition) is 3. The standard InChI is InChI=1S/C20H20BrN3O3/c1-12-8-9-14(10-13(12)2)22-17(25)11-24-18(26)20(3,23-19(24)27)15-6-4-5-7-16(15)21/h4-10H,11H2,1-3H3,(H,22,25)(H,23,27). The van der Waals surface area contributed by atoms with Crippen molar-refractivity contribution in [1.82, 2.24) is 10.2 Å². The maximum absolute atomic E-state index is 12.9. The molecule has 2 N–H and O–H groups in total. The number of nitrogens with zero attached hydrogens (tertiary/aromatic N) is 1. The van der Waals surface area contributed by atoms with Crippen molar-refractivity contribution in [3.63, 3.8) is 0 Å². The van der Waals surface area contributed by atoms with E-state index in [0.29, 0.717) is 15.7 Å². The minimum Gasteiger partial charge on any atom is -0.325 e. The molecular weight excluding hydrogens is 410 g/mol. The summed E-state index contributed by atoms with van der Waals surface area (Å²) in [5.41, 5.74) is 2.21. The Morgan fingerprint density at radius 2 is 1.85 bits per heavy atom. The van der Waals surface area contributed by atoms with Gasteiger partial charge in [-0.25, -0.2) is 4.79 Å². The fraction of sp³-hybridized carbons (Fsp3) is 0.250. The Labute approximate surface area is 166 Å². The van der Waals surface area contributed by atoms with Crippen molar-refractivity contribution < 1.29 is 14.4 Å². The summed E-state index contributed by atoms with van der Waals surface area (Å²) < 4.78 is 0.711. The van der Waals surface area contributed by atoms with Gasteiger partial charge in [-0.2, -0.15) is 0 Å². The number of carbonyl (C=O) groups excluding carboxylic acids is 3. The second kappa shape index (κ2) is 7.15. The molecule has 140 valence electrons. The third-order valence-electron chi connectivity index (χ3n) is 4.78. The molecule has 0 aromatic heterocycles. The van der Waals surface area contributed by atoms with Crippen molar-refractivity contribution in [2.45, 2.75) is 26.3 Å². The minimum atomic E-state index is -1.22. The number of nitrogens with one attached hydrogen (secondary N) is 2. The van der Waals surface area contributed by atoms with E-state index in [1.165, 1.54) is 0 Å². The van der Waals surface area contributed by atoms with Gasteiger partial charge >= 0.3 is 6.03 Å². The molecule has 0 bridgehead atoms. The number of carbonyl (C=O) groups is 3. The molecule has 1 atom stereocenters. The van der Waals surface area contributed by atoms with Gasteiger partial charge in [0, 0.05) is 15.7 Å². The van der Waals surface area contributed by atoms with Crippen LogP contribution in [0.3, 0.4) is 0 Å². The summed E-state index contributed by atoms with van der Waals surface area (Å²) in [5, 5.41) is 5.43. The fourth-order valence-corrected chi connectivity index (χ4v) is 3.73. The highest BCUT2D eigenvalue weighted by molar-refractivity contribution is 9.10. The van der Waals surface area contributed by atoms with E-state index in [-0.39, 0.29) is 6.54 Å². The molecule has 27 heavy (non-hydrogen) atoms. The first kappa shape index (κ1) is 19.1. The Bertz CT molecular complexity index is 944. The summed E-state index contributed by atoms with van der Waals surface area (Å²) in [6.07, 6.45) is 0. The van der Waals surface area contributed by atoms with Crippen LogP contribution >= 0.6 is 15.9 Å². The molecule has 0 aliphatic carbocycles. The smallest absolute Gasteiger partial charge is 0.325 e. The Balaban J connectivity index is 1.76. The topological polar surface area (TPSA) is 78.5 Å². The molecule has 4 amide bonds. The average Bonchev–Trinajstić information content (AvgIpc) is 2.82. The first-order chi connectivity index (χ1) is 12.7. The summed E-state index contributed by atoms with van der Waals surface area (Å²) in [5.74, 6) is -0.896.